The maximum atomic E-state index is 5.92. The molecular formula is C10H13ClN2S. The summed E-state index contributed by atoms with van der Waals surface area (Å²) < 4.78 is 0. The van der Waals surface area contributed by atoms with E-state index in [1.165, 1.54) is 17.3 Å². The summed E-state index contributed by atoms with van der Waals surface area (Å²) in [5, 5.41) is 1.41. The molecule has 2 N–H and O–H groups in total. The summed E-state index contributed by atoms with van der Waals surface area (Å²) in [5.74, 6) is 0.835. The Bertz CT molecular complexity index is 350. The topological polar surface area (TPSA) is 38.4 Å². The molecule has 0 amide bonds. The van der Waals surface area contributed by atoms with Gasteiger partial charge in [-0.25, -0.2) is 0 Å². The maximum Gasteiger partial charge on any atom is 0.153 e. The Morgan fingerprint density at radius 3 is 2.86 bits per heavy atom. The molecule has 0 saturated heterocycles. The van der Waals surface area contributed by atoms with Crippen molar-refractivity contribution in [2.75, 3.05) is 7.05 Å². The van der Waals surface area contributed by atoms with Gasteiger partial charge in [0.25, 0.3) is 0 Å². The van der Waals surface area contributed by atoms with Crippen LogP contribution < -0.4 is 5.73 Å². The van der Waals surface area contributed by atoms with Crippen molar-refractivity contribution in [3.05, 3.63) is 34.3 Å². The molecule has 0 aliphatic carbocycles. The molecule has 1 aromatic rings. The summed E-state index contributed by atoms with van der Waals surface area (Å²) in [5.41, 5.74) is 7.88. The minimum Gasteiger partial charge on any atom is -0.379 e. The molecule has 14 heavy (non-hydrogen) atoms. The lowest BCUT2D eigenvalue weighted by Crippen LogP contribution is -2.05. The highest BCUT2D eigenvalue weighted by Crippen LogP contribution is 2.19. The van der Waals surface area contributed by atoms with E-state index in [0.29, 0.717) is 5.17 Å². The summed E-state index contributed by atoms with van der Waals surface area (Å²) in [6.45, 7) is 1.99. The molecule has 76 valence electrons. The highest BCUT2D eigenvalue weighted by Gasteiger charge is 1.99. The lowest BCUT2D eigenvalue weighted by molar-refractivity contribution is 1.35. The quantitative estimate of drug-likeness (QED) is 0.625. The maximum absolute atomic E-state index is 5.92. The number of rotatable bonds is 2. The van der Waals surface area contributed by atoms with Crippen LogP contribution in [0.3, 0.4) is 0 Å². The predicted octanol–water partition coefficient (Wildman–Crippen LogP) is 2.83. The lowest BCUT2D eigenvalue weighted by Gasteiger charge is -2.03. The number of halogens is 1. The van der Waals surface area contributed by atoms with Crippen molar-refractivity contribution in [1.82, 2.24) is 0 Å². The van der Waals surface area contributed by atoms with Crippen molar-refractivity contribution in [3.8, 4) is 0 Å². The first kappa shape index (κ1) is 11.4. The van der Waals surface area contributed by atoms with Crippen molar-refractivity contribution in [2.24, 2.45) is 10.7 Å². The fourth-order valence-corrected chi connectivity index (χ4v) is 1.76. The second kappa shape index (κ2) is 5.27. The SMILES string of the molecule is CN=C(N)SCc1ccc(Cl)c(C)c1. The molecule has 0 bridgehead atoms. The van der Waals surface area contributed by atoms with Gasteiger partial charge in [0.05, 0.1) is 0 Å². The van der Waals surface area contributed by atoms with E-state index in [0.717, 1.165) is 16.3 Å². The fourth-order valence-electron chi connectivity index (χ4n) is 1.02. The van der Waals surface area contributed by atoms with E-state index in [-0.39, 0.29) is 0 Å². The van der Waals surface area contributed by atoms with Crippen LogP contribution in [-0.2, 0) is 5.75 Å². The fraction of sp³-hybridized carbons (Fsp3) is 0.300. The first-order valence-electron chi connectivity index (χ1n) is 4.23. The van der Waals surface area contributed by atoms with Crippen LogP contribution in [0.1, 0.15) is 11.1 Å². The monoisotopic (exact) mass is 228 g/mol. The van der Waals surface area contributed by atoms with Gasteiger partial charge in [-0.3, -0.25) is 4.99 Å². The second-order valence-corrected chi connectivity index (χ2v) is 4.34. The summed E-state index contributed by atoms with van der Waals surface area (Å²) in [7, 11) is 1.69. The number of benzene rings is 1. The molecule has 0 aliphatic rings. The van der Waals surface area contributed by atoms with Crippen LogP contribution >= 0.6 is 23.4 Å². The molecular weight excluding hydrogens is 216 g/mol. The Morgan fingerprint density at radius 1 is 1.57 bits per heavy atom. The Labute approximate surface area is 93.6 Å². The summed E-state index contributed by atoms with van der Waals surface area (Å²) in [6, 6.07) is 5.98. The third-order valence-corrected chi connectivity index (χ3v) is 3.21. The molecule has 0 aromatic heterocycles. The Balaban J connectivity index is 2.64. The average molecular weight is 229 g/mol. The number of amidine groups is 1. The van der Waals surface area contributed by atoms with Crippen LogP contribution in [0.2, 0.25) is 5.02 Å². The van der Waals surface area contributed by atoms with Crippen LogP contribution in [0.15, 0.2) is 23.2 Å². The average Bonchev–Trinajstić information content (AvgIpc) is 2.19. The van der Waals surface area contributed by atoms with Crippen molar-refractivity contribution in [3.63, 3.8) is 0 Å². The van der Waals surface area contributed by atoms with E-state index >= 15 is 0 Å². The van der Waals surface area contributed by atoms with Gasteiger partial charge in [0.15, 0.2) is 5.17 Å². The number of nitrogens with zero attached hydrogens (tertiary/aromatic N) is 1. The number of aryl methyl sites for hydroxylation is 1. The van der Waals surface area contributed by atoms with Gasteiger partial charge >= 0.3 is 0 Å². The number of hydrogen-bond acceptors (Lipinski definition) is 2. The van der Waals surface area contributed by atoms with E-state index in [2.05, 4.69) is 11.1 Å². The molecule has 0 radical (unpaired) electrons. The summed E-state index contributed by atoms with van der Waals surface area (Å²) in [6.07, 6.45) is 0. The van der Waals surface area contributed by atoms with E-state index in [1.54, 1.807) is 7.05 Å². The minimum absolute atomic E-state index is 0.609. The van der Waals surface area contributed by atoms with Crippen LogP contribution in [0.4, 0.5) is 0 Å². The third kappa shape index (κ3) is 3.24. The van der Waals surface area contributed by atoms with Crippen LogP contribution in [0.25, 0.3) is 0 Å². The molecule has 2 nitrogen and oxygen atoms in total. The van der Waals surface area contributed by atoms with Gasteiger partial charge in [-0.2, -0.15) is 0 Å². The van der Waals surface area contributed by atoms with Crippen molar-refractivity contribution < 1.29 is 0 Å². The second-order valence-electron chi connectivity index (χ2n) is 2.93. The smallest absolute Gasteiger partial charge is 0.153 e. The molecule has 0 heterocycles. The van der Waals surface area contributed by atoms with Crippen LogP contribution in [0.5, 0.6) is 0 Å². The molecule has 0 aliphatic heterocycles. The number of nitrogens with two attached hydrogens (primary N) is 1. The summed E-state index contributed by atoms with van der Waals surface area (Å²) in [4.78, 5) is 3.87. The van der Waals surface area contributed by atoms with Crippen LogP contribution in [-0.4, -0.2) is 12.2 Å². The largest absolute Gasteiger partial charge is 0.379 e. The molecule has 1 aromatic carbocycles. The summed E-state index contributed by atoms with van der Waals surface area (Å²) >= 11 is 7.44. The van der Waals surface area contributed by atoms with Gasteiger partial charge in [0.1, 0.15) is 0 Å². The predicted molar refractivity (Wildman–Crippen MR) is 65.0 cm³/mol. The van der Waals surface area contributed by atoms with Crippen molar-refractivity contribution in [2.45, 2.75) is 12.7 Å². The molecule has 0 saturated carbocycles. The Kier molecular flexibility index (Phi) is 4.29. The number of thioether (sulfide) groups is 1. The Morgan fingerprint density at radius 2 is 2.29 bits per heavy atom. The molecule has 0 fully saturated rings. The van der Waals surface area contributed by atoms with Gasteiger partial charge in [-0.15, -0.1) is 0 Å². The molecule has 4 heteroatoms. The van der Waals surface area contributed by atoms with Gasteiger partial charge in [-0.1, -0.05) is 35.5 Å². The third-order valence-electron chi connectivity index (χ3n) is 1.83. The minimum atomic E-state index is 0.609. The standard InChI is InChI=1S/C10H13ClN2S/c1-7-5-8(3-4-9(7)11)6-14-10(12)13-2/h3-5H,6H2,1-2H3,(H2,12,13). The first-order valence-corrected chi connectivity index (χ1v) is 5.60. The van der Waals surface area contributed by atoms with E-state index in [1.807, 2.05) is 19.1 Å². The first-order chi connectivity index (χ1) is 6.63. The van der Waals surface area contributed by atoms with E-state index < -0.39 is 0 Å². The zero-order valence-corrected chi connectivity index (χ0v) is 9.82. The van der Waals surface area contributed by atoms with Gasteiger partial charge in [-0.05, 0) is 24.1 Å². The molecule has 0 atom stereocenters. The van der Waals surface area contributed by atoms with Gasteiger partial charge < -0.3 is 5.73 Å². The normalized spacial score (nSPS) is 11.8. The van der Waals surface area contributed by atoms with Crippen molar-refractivity contribution >= 4 is 28.5 Å². The number of aliphatic imine (C=N–C) groups is 1. The highest BCUT2D eigenvalue weighted by molar-refractivity contribution is 8.13. The lowest BCUT2D eigenvalue weighted by atomic mass is 10.2. The zero-order valence-electron chi connectivity index (χ0n) is 8.25. The Hall–Kier alpha value is -0.670. The number of hydrogen-bond donors (Lipinski definition) is 1. The van der Waals surface area contributed by atoms with Gasteiger partial charge in [0.2, 0.25) is 0 Å². The van der Waals surface area contributed by atoms with E-state index in [4.69, 9.17) is 17.3 Å². The van der Waals surface area contributed by atoms with Crippen LogP contribution in [0, 0.1) is 6.92 Å². The van der Waals surface area contributed by atoms with Crippen molar-refractivity contribution in [1.29, 1.82) is 0 Å². The van der Waals surface area contributed by atoms with Gasteiger partial charge in [0, 0.05) is 17.8 Å². The molecule has 0 unspecified atom stereocenters. The molecule has 0 spiro atoms. The van der Waals surface area contributed by atoms with E-state index in [9.17, 15) is 0 Å². The zero-order chi connectivity index (χ0) is 10.6. The highest BCUT2D eigenvalue weighted by atomic mass is 35.5. The molecule has 1 rings (SSSR count).